The molecule has 0 radical (unpaired) electrons. The zero-order valence-electron chi connectivity index (χ0n) is 12.0. The minimum Gasteiger partial charge on any atom is -0.489 e. The summed E-state index contributed by atoms with van der Waals surface area (Å²) >= 11 is 0. The van der Waals surface area contributed by atoms with E-state index >= 15 is 0 Å². The molecule has 2 aromatic rings. The van der Waals surface area contributed by atoms with Crippen LogP contribution in [0.25, 0.3) is 0 Å². The Hall–Kier alpha value is -2.04. The molecule has 1 heterocycles. The van der Waals surface area contributed by atoms with Gasteiger partial charge in [0.15, 0.2) is 0 Å². The van der Waals surface area contributed by atoms with Gasteiger partial charge in [-0.2, -0.15) is 0 Å². The number of nitrogens with one attached hydrogen (secondary N) is 1. The maximum atomic E-state index is 11.0. The topological polar surface area (TPSA) is 58.6 Å². The molecule has 0 aromatic heterocycles. The fourth-order valence-corrected chi connectivity index (χ4v) is 2.50. The SMILES string of the molecule is Cl.O=C(O)[C@@H]1Cc2ccc(OCc3ccccc3)cc2CN1. The van der Waals surface area contributed by atoms with E-state index in [1.807, 2.05) is 48.5 Å². The van der Waals surface area contributed by atoms with E-state index in [0.717, 1.165) is 22.4 Å². The molecule has 5 heteroatoms. The molecule has 116 valence electrons. The summed E-state index contributed by atoms with van der Waals surface area (Å²) in [4.78, 5) is 11.0. The van der Waals surface area contributed by atoms with E-state index in [9.17, 15) is 4.79 Å². The van der Waals surface area contributed by atoms with Gasteiger partial charge in [0.05, 0.1) is 0 Å². The second-order valence-corrected chi connectivity index (χ2v) is 5.18. The maximum absolute atomic E-state index is 11.0. The molecule has 1 aliphatic rings. The lowest BCUT2D eigenvalue weighted by Crippen LogP contribution is -2.41. The molecule has 22 heavy (non-hydrogen) atoms. The van der Waals surface area contributed by atoms with Gasteiger partial charge in [0.1, 0.15) is 18.4 Å². The molecule has 0 aliphatic carbocycles. The van der Waals surface area contributed by atoms with Crippen molar-refractivity contribution in [1.29, 1.82) is 0 Å². The Kier molecular flexibility index (Phi) is 5.41. The van der Waals surface area contributed by atoms with Crippen molar-refractivity contribution in [2.75, 3.05) is 0 Å². The Balaban J connectivity index is 0.00000176. The van der Waals surface area contributed by atoms with Gasteiger partial charge in [-0.3, -0.25) is 4.79 Å². The van der Waals surface area contributed by atoms with Crippen molar-refractivity contribution in [2.24, 2.45) is 0 Å². The number of carbonyl (C=O) groups is 1. The van der Waals surface area contributed by atoms with E-state index in [-0.39, 0.29) is 12.4 Å². The normalized spacial score (nSPS) is 16.3. The lowest BCUT2D eigenvalue weighted by Gasteiger charge is -2.23. The van der Waals surface area contributed by atoms with Crippen molar-refractivity contribution in [1.82, 2.24) is 5.32 Å². The Bertz CT molecular complexity index is 646. The third-order valence-corrected chi connectivity index (χ3v) is 3.69. The largest absolute Gasteiger partial charge is 0.489 e. The average molecular weight is 320 g/mol. The third kappa shape index (κ3) is 3.78. The van der Waals surface area contributed by atoms with E-state index in [0.29, 0.717) is 19.6 Å². The summed E-state index contributed by atoms with van der Waals surface area (Å²) in [6.07, 6.45) is 0.517. The summed E-state index contributed by atoms with van der Waals surface area (Å²) in [5.41, 5.74) is 3.31. The van der Waals surface area contributed by atoms with Crippen LogP contribution in [0.3, 0.4) is 0 Å². The Morgan fingerprint density at radius 1 is 1.18 bits per heavy atom. The minimum atomic E-state index is -0.801. The molecule has 0 saturated carbocycles. The van der Waals surface area contributed by atoms with Crippen LogP contribution in [0.15, 0.2) is 48.5 Å². The summed E-state index contributed by atoms with van der Waals surface area (Å²) < 4.78 is 5.79. The van der Waals surface area contributed by atoms with Gasteiger partial charge < -0.3 is 15.2 Å². The lowest BCUT2D eigenvalue weighted by molar-refractivity contribution is -0.139. The van der Waals surface area contributed by atoms with Crippen molar-refractivity contribution in [3.63, 3.8) is 0 Å². The summed E-state index contributed by atoms with van der Waals surface area (Å²) in [5, 5.41) is 12.1. The molecule has 2 aromatic carbocycles. The number of carboxylic acid groups (broad SMARTS) is 1. The van der Waals surface area contributed by atoms with Gasteiger partial charge in [-0.1, -0.05) is 36.4 Å². The van der Waals surface area contributed by atoms with Gasteiger partial charge in [0.2, 0.25) is 0 Å². The minimum absolute atomic E-state index is 0. The van der Waals surface area contributed by atoms with Crippen molar-refractivity contribution < 1.29 is 14.6 Å². The Labute approximate surface area is 135 Å². The highest BCUT2D eigenvalue weighted by atomic mass is 35.5. The Morgan fingerprint density at radius 2 is 1.95 bits per heavy atom. The van der Waals surface area contributed by atoms with Gasteiger partial charge in [0.25, 0.3) is 0 Å². The number of halogens is 1. The van der Waals surface area contributed by atoms with Crippen molar-refractivity contribution in [3.05, 3.63) is 65.2 Å². The monoisotopic (exact) mass is 319 g/mol. The van der Waals surface area contributed by atoms with Crippen LogP contribution in [0.5, 0.6) is 5.75 Å². The maximum Gasteiger partial charge on any atom is 0.321 e. The molecule has 4 nitrogen and oxygen atoms in total. The smallest absolute Gasteiger partial charge is 0.321 e. The number of benzene rings is 2. The van der Waals surface area contributed by atoms with E-state index in [1.165, 1.54) is 0 Å². The second-order valence-electron chi connectivity index (χ2n) is 5.18. The molecule has 1 atom stereocenters. The number of rotatable bonds is 4. The van der Waals surface area contributed by atoms with Crippen molar-refractivity contribution in [2.45, 2.75) is 25.6 Å². The first-order valence-corrected chi connectivity index (χ1v) is 6.97. The van der Waals surface area contributed by atoms with E-state index in [2.05, 4.69) is 5.32 Å². The van der Waals surface area contributed by atoms with Gasteiger partial charge >= 0.3 is 5.97 Å². The molecule has 0 spiro atoms. The number of hydrogen-bond acceptors (Lipinski definition) is 3. The average Bonchev–Trinajstić information content (AvgIpc) is 2.53. The van der Waals surface area contributed by atoms with Crippen LogP contribution in [0.1, 0.15) is 16.7 Å². The number of carboxylic acids is 1. The Morgan fingerprint density at radius 3 is 2.68 bits per heavy atom. The van der Waals surface area contributed by atoms with Crippen LogP contribution in [0.2, 0.25) is 0 Å². The zero-order valence-corrected chi connectivity index (χ0v) is 12.8. The van der Waals surface area contributed by atoms with Gasteiger partial charge in [0, 0.05) is 6.54 Å². The molecule has 0 amide bonds. The van der Waals surface area contributed by atoms with Crippen LogP contribution in [0, 0.1) is 0 Å². The fourth-order valence-electron chi connectivity index (χ4n) is 2.50. The first kappa shape index (κ1) is 16.3. The van der Waals surface area contributed by atoms with Crippen LogP contribution in [-0.4, -0.2) is 17.1 Å². The fraction of sp³-hybridized carbons (Fsp3) is 0.235. The summed E-state index contributed by atoms with van der Waals surface area (Å²) in [6, 6.07) is 15.4. The first-order chi connectivity index (χ1) is 10.2. The molecule has 1 aliphatic heterocycles. The van der Waals surface area contributed by atoms with E-state index in [1.54, 1.807) is 0 Å². The van der Waals surface area contributed by atoms with Crippen LogP contribution >= 0.6 is 12.4 Å². The quantitative estimate of drug-likeness (QED) is 0.910. The highest BCUT2D eigenvalue weighted by Crippen LogP contribution is 2.23. The molecular formula is C17H18ClNO3. The number of hydrogen-bond donors (Lipinski definition) is 2. The molecule has 3 rings (SSSR count). The molecule has 2 N–H and O–H groups in total. The van der Waals surface area contributed by atoms with Crippen molar-refractivity contribution >= 4 is 18.4 Å². The van der Waals surface area contributed by atoms with Crippen LogP contribution in [0.4, 0.5) is 0 Å². The molecule has 0 bridgehead atoms. The molecule has 0 fully saturated rings. The standard InChI is InChI=1S/C17H17NO3.ClH/c19-17(20)16-9-13-6-7-15(8-14(13)10-18-16)21-11-12-4-2-1-3-5-12;/h1-8,16,18H,9-11H2,(H,19,20);1H/t16-;/m0./s1. The van der Waals surface area contributed by atoms with E-state index in [4.69, 9.17) is 9.84 Å². The highest BCUT2D eigenvalue weighted by molar-refractivity contribution is 5.85. The molecular weight excluding hydrogens is 302 g/mol. The predicted molar refractivity (Wildman–Crippen MR) is 86.4 cm³/mol. The summed E-state index contributed by atoms with van der Waals surface area (Å²) in [5.74, 6) is 0.0123. The van der Waals surface area contributed by atoms with Gasteiger partial charge in [-0.25, -0.2) is 0 Å². The van der Waals surface area contributed by atoms with Gasteiger partial charge in [-0.05, 0) is 35.2 Å². The lowest BCUT2D eigenvalue weighted by atomic mass is 9.96. The second kappa shape index (κ2) is 7.29. The number of aliphatic carboxylic acids is 1. The number of fused-ring (bicyclic) bond motifs is 1. The molecule has 0 saturated heterocycles. The van der Waals surface area contributed by atoms with Crippen molar-refractivity contribution in [3.8, 4) is 5.75 Å². The predicted octanol–water partition coefficient (Wildman–Crippen LogP) is 2.79. The summed E-state index contributed by atoms with van der Waals surface area (Å²) in [6.45, 7) is 1.10. The summed E-state index contributed by atoms with van der Waals surface area (Å²) in [7, 11) is 0. The van der Waals surface area contributed by atoms with Gasteiger partial charge in [-0.15, -0.1) is 12.4 Å². The highest BCUT2D eigenvalue weighted by Gasteiger charge is 2.23. The van der Waals surface area contributed by atoms with Crippen LogP contribution < -0.4 is 10.1 Å². The zero-order chi connectivity index (χ0) is 14.7. The van der Waals surface area contributed by atoms with Crippen LogP contribution in [-0.2, 0) is 24.4 Å². The number of ether oxygens (including phenoxy) is 1. The molecule has 0 unspecified atom stereocenters. The first-order valence-electron chi connectivity index (χ1n) is 6.97. The van der Waals surface area contributed by atoms with E-state index < -0.39 is 12.0 Å². The third-order valence-electron chi connectivity index (χ3n) is 3.69.